The van der Waals surface area contributed by atoms with Crippen molar-refractivity contribution in [1.82, 2.24) is 13.2 Å². The molecular weight excluding hydrogens is 494 g/mol. The number of nitriles is 1. The highest BCUT2D eigenvalue weighted by molar-refractivity contribution is 7.92. The molecule has 0 amide bonds. The van der Waals surface area contributed by atoms with Gasteiger partial charge in [-0.1, -0.05) is 27.7 Å². The number of aryl methyl sites for hydroxylation is 1. The summed E-state index contributed by atoms with van der Waals surface area (Å²) in [5.41, 5.74) is 6.19. The van der Waals surface area contributed by atoms with Gasteiger partial charge in [-0.05, 0) is 24.6 Å². The number of carbonyl (C=O) groups is 1. The van der Waals surface area contributed by atoms with Crippen LogP contribution in [0.2, 0.25) is 0 Å². The lowest BCUT2D eigenvalue weighted by molar-refractivity contribution is 0.0593. The molecule has 13 heteroatoms. The van der Waals surface area contributed by atoms with E-state index in [1.165, 1.54) is 27.2 Å². The van der Waals surface area contributed by atoms with Crippen molar-refractivity contribution in [1.29, 1.82) is 5.26 Å². The third-order valence-corrected chi connectivity index (χ3v) is 10.0. The molecule has 2 aromatic rings. The lowest BCUT2D eigenvalue weighted by atomic mass is 10.2. The van der Waals surface area contributed by atoms with E-state index in [1.54, 1.807) is 34.6 Å². The number of sulfonamides is 2. The Morgan fingerprint density at radius 3 is 1.86 bits per heavy atom. The Bertz CT molecular complexity index is 1370. The Kier molecular flexibility index (Phi) is 8.72. The van der Waals surface area contributed by atoms with Crippen LogP contribution in [0.15, 0.2) is 28.1 Å². The number of nitrogens with two attached hydrogens (primary N) is 1. The van der Waals surface area contributed by atoms with Crippen molar-refractivity contribution in [2.45, 2.75) is 44.4 Å². The molecule has 0 atom stereocenters. The molecule has 0 radical (unpaired) electrons. The van der Waals surface area contributed by atoms with Gasteiger partial charge in [-0.25, -0.2) is 21.6 Å². The fourth-order valence-corrected chi connectivity index (χ4v) is 7.58. The minimum atomic E-state index is -4.26. The van der Waals surface area contributed by atoms with Gasteiger partial charge in [0.15, 0.2) is 5.69 Å². The summed E-state index contributed by atoms with van der Waals surface area (Å²) in [6, 6.07) is 4.36. The molecule has 11 nitrogen and oxygen atoms in total. The summed E-state index contributed by atoms with van der Waals surface area (Å²) in [4.78, 5) is 11.7. The van der Waals surface area contributed by atoms with Gasteiger partial charge in [-0.2, -0.15) is 13.9 Å². The Balaban J connectivity index is 3.06. The van der Waals surface area contributed by atoms with E-state index in [2.05, 4.69) is 0 Å². The van der Waals surface area contributed by atoms with Gasteiger partial charge in [-0.15, -0.1) is 0 Å². The highest BCUT2D eigenvalue weighted by atomic mass is 32.2. The fraction of sp³-hybridized carbons (Fsp3) is 0.455. The summed E-state index contributed by atoms with van der Waals surface area (Å²) in [5.74, 6) is -0.837. The second kappa shape index (κ2) is 10.8. The van der Waals surface area contributed by atoms with Gasteiger partial charge >= 0.3 is 5.97 Å². The fourth-order valence-electron chi connectivity index (χ4n) is 3.82. The average molecular weight is 526 g/mol. The van der Waals surface area contributed by atoms with Crippen LogP contribution in [0, 0.1) is 18.3 Å². The number of hydrogen-bond acceptors (Lipinski definition) is 8. The van der Waals surface area contributed by atoms with Gasteiger partial charge in [0.25, 0.3) is 0 Å². The van der Waals surface area contributed by atoms with Crippen LogP contribution in [-0.2, 0) is 24.8 Å². The van der Waals surface area contributed by atoms with Gasteiger partial charge < -0.3 is 15.0 Å². The van der Waals surface area contributed by atoms with E-state index in [0.29, 0.717) is 5.56 Å². The van der Waals surface area contributed by atoms with E-state index in [9.17, 15) is 26.9 Å². The standard InChI is InChI=1S/C22H31N5O6S2/c1-7-25(8-2)34(29,30)18-11-15(5)17(12-19(18)35(31,32)26(9-3)10-4)27-14-16(13-23)20(24)21(27)22(28)33-6/h11-12,14H,7-10,24H2,1-6H3. The highest BCUT2D eigenvalue weighted by Crippen LogP contribution is 2.34. The van der Waals surface area contributed by atoms with E-state index < -0.39 is 30.9 Å². The first-order valence-electron chi connectivity index (χ1n) is 11.0. The zero-order valence-electron chi connectivity index (χ0n) is 20.7. The zero-order valence-corrected chi connectivity index (χ0v) is 22.3. The predicted molar refractivity (Wildman–Crippen MR) is 131 cm³/mol. The second-order valence-corrected chi connectivity index (χ2v) is 11.4. The molecule has 0 saturated carbocycles. The summed E-state index contributed by atoms with van der Waals surface area (Å²) >= 11 is 0. The van der Waals surface area contributed by atoms with Crippen LogP contribution < -0.4 is 5.73 Å². The minimum absolute atomic E-state index is 0.0159. The highest BCUT2D eigenvalue weighted by Gasteiger charge is 2.34. The number of benzene rings is 1. The van der Waals surface area contributed by atoms with Gasteiger partial charge in [-0.3, -0.25) is 0 Å². The Labute approximate surface area is 206 Å². The smallest absolute Gasteiger partial charge is 0.357 e. The van der Waals surface area contributed by atoms with Crippen LogP contribution >= 0.6 is 0 Å². The van der Waals surface area contributed by atoms with Crippen LogP contribution in [0.1, 0.15) is 49.3 Å². The van der Waals surface area contributed by atoms with Crippen LogP contribution in [0.5, 0.6) is 0 Å². The first-order chi connectivity index (χ1) is 16.4. The number of rotatable bonds is 10. The van der Waals surface area contributed by atoms with E-state index >= 15 is 0 Å². The maximum Gasteiger partial charge on any atom is 0.357 e. The molecule has 2 rings (SSSR count). The first-order valence-corrected chi connectivity index (χ1v) is 13.9. The van der Waals surface area contributed by atoms with Crippen molar-refractivity contribution >= 4 is 31.7 Å². The van der Waals surface area contributed by atoms with Crippen molar-refractivity contribution in [3.63, 3.8) is 0 Å². The zero-order chi connectivity index (χ0) is 26.7. The average Bonchev–Trinajstić information content (AvgIpc) is 3.15. The molecule has 0 fully saturated rings. The van der Waals surface area contributed by atoms with E-state index in [-0.39, 0.29) is 53.7 Å². The monoisotopic (exact) mass is 525 g/mol. The third-order valence-electron chi connectivity index (χ3n) is 5.71. The number of nitrogen functional groups attached to an aromatic ring is 1. The van der Waals surface area contributed by atoms with Crippen molar-refractivity contribution < 1.29 is 26.4 Å². The second-order valence-electron chi connectivity index (χ2n) is 7.54. The molecule has 0 aliphatic rings. The largest absolute Gasteiger partial charge is 0.464 e. The third kappa shape index (κ3) is 4.92. The number of anilines is 1. The Morgan fingerprint density at radius 2 is 1.46 bits per heavy atom. The summed E-state index contributed by atoms with van der Waals surface area (Å²) in [6.07, 6.45) is 1.29. The summed E-state index contributed by atoms with van der Waals surface area (Å²) in [5, 5.41) is 9.43. The maximum absolute atomic E-state index is 13.6. The number of esters is 1. The summed E-state index contributed by atoms with van der Waals surface area (Å²) < 4.78 is 62.6. The van der Waals surface area contributed by atoms with Crippen LogP contribution in [0.3, 0.4) is 0 Å². The summed E-state index contributed by atoms with van der Waals surface area (Å²) in [6.45, 7) is 8.74. The molecule has 0 unspecified atom stereocenters. The molecule has 35 heavy (non-hydrogen) atoms. The van der Waals surface area contributed by atoms with Crippen molar-refractivity contribution in [2.75, 3.05) is 39.0 Å². The molecule has 0 spiro atoms. The van der Waals surface area contributed by atoms with E-state index in [4.69, 9.17) is 10.5 Å². The van der Waals surface area contributed by atoms with Crippen LogP contribution in [0.4, 0.5) is 5.69 Å². The first kappa shape index (κ1) is 28.3. The van der Waals surface area contributed by atoms with Crippen LogP contribution in [0.25, 0.3) is 5.69 Å². The number of carbonyl (C=O) groups excluding carboxylic acids is 1. The minimum Gasteiger partial charge on any atom is -0.464 e. The SMILES string of the molecule is CCN(CC)S(=O)(=O)c1cc(C)c(-n2cc(C#N)c(N)c2C(=O)OC)cc1S(=O)(=O)N(CC)CC. The van der Waals surface area contributed by atoms with Gasteiger partial charge in [0.05, 0.1) is 24.0 Å². The topological polar surface area (TPSA) is 156 Å². The molecule has 0 saturated heterocycles. The molecule has 0 bridgehead atoms. The molecular formula is C22H31N5O6S2. The van der Waals surface area contributed by atoms with E-state index in [1.807, 2.05) is 6.07 Å². The van der Waals surface area contributed by atoms with Gasteiger partial charge in [0.2, 0.25) is 20.0 Å². The number of aromatic nitrogens is 1. The normalized spacial score (nSPS) is 12.2. The summed E-state index contributed by atoms with van der Waals surface area (Å²) in [7, 11) is -7.29. The maximum atomic E-state index is 13.6. The van der Waals surface area contributed by atoms with Crippen molar-refractivity contribution in [3.8, 4) is 11.8 Å². The van der Waals surface area contributed by atoms with Crippen molar-refractivity contribution in [2.24, 2.45) is 0 Å². The lowest BCUT2D eigenvalue weighted by Crippen LogP contribution is -2.35. The molecule has 2 N–H and O–H groups in total. The molecule has 0 aliphatic carbocycles. The number of methoxy groups -OCH3 is 1. The van der Waals surface area contributed by atoms with Gasteiger partial charge in [0, 0.05) is 32.4 Å². The van der Waals surface area contributed by atoms with E-state index in [0.717, 1.165) is 11.4 Å². The molecule has 192 valence electrons. The van der Waals surface area contributed by atoms with Crippen LogP contribution in [-0.4, -0.2) is 69.3 Å². The van der Waals surface area contributed by atoms with Crippen molar-refractivity contribution in [3.05, 3.63) is 35.2 Å². The van der Waals surface area contributed by atoms with Gasteiger partial charge in [0.1, 0.15) is 15.9 Å². The Morgan fingerprint density at radius 1 is 1.00 bits per heavy atom. The molecule has 1 aromatic carbocycles. The number of ether oxygens (including phenoxy) is 1. The number of nitrogens with zero attached hydrogens (tertiary/aromatic N) is 4. The number of hydrogen-bond donors (Lipinski definition) is 1. The predicted octanol–water partition coefficient (Wildman–Crippen LogP) is 2.09. The Hall–Kier alpha value is -2.92. The quantitative estimate of drug-likeness (QED) is 0.462. The molecule has 1 aromatic heterocycles. The molecule has 0 aliphatic heterocycles. The molecule has 1 heterocycles. The lowest BCUT2D eigenvalue weighted by Gasteiger charge is -2.25.